The number of alkyl halides is 4. The van der Waals surface area contributed by atoms with E-state index < -0.39 is 18.0 Å². The lowest BCUT2D eigenvalue weighted by molar-refractivity contribution is -0.160. The van der Waals surface area contributed by atoms with Gasteiger partial charge in [0.25, 0.3) is 0 Å². The van der Waals surface area contributed by atoms with E-state index in [1.165, 1.54) is 0 Å². The van der Waals surface area contributed by atoms with Crippen molar-refractivity contribution in [2.24, 2.45) is 0 Å². The van der Waals surface area contributed by atoms with Crippen molar-refractivity contribution in [3.05, 3.63) is 65.2 Å². The lowest BCUT2D eigenvalue weighted by Crippen LogP contribution is -2.31. The predicted octanol–water partition coefficient (Wildman–Crippen LogP) is 6.82. The smallest absolute Gasteiger partial charge is 0.307 e. The van der Waals surface area contributed by atoms with E-state index >= 15 is 0 Å². The summed E-state index contributed by atoms with van der Waals surface area (Å²) in [6.07, 6.45) is 0.494. The van der Waals surface area contributed by atoms with Crippen LogP contribution in [0, 0.1) is 0 Å². The van der Waals surface area contributed by atoms with E-state index in [0.29, 0.717) is 12.2 Å². The number of halogens is 4. The van der Waals surface area contributed by atoms with E-state index in [4.69, 9.17) is 65.4 Å². The molecule has 2 rings (SSSR count). The Morgan fingerprint density at radius 1 is 0.690 bits per heavy atom. The van der Waals surface area contributed by atoms with Gasteiger partial charge in [-0.05, 0) is 41.7 Å². The van der Waals surface area contributed by atoms with Gasteiger partial charge in [-0.15, -0.1) is 46.4 Å². The molecular weight excluding hydrogens is 626 g/mol. The summed E-state index contributed by atoms with van der Waals surface area (Å²) in [7, 11) is 0. The second kappa shape index (κ2) is 19.2. The highest BCUT2D eigenvalue weighted by Crippen LogP contribution is 2.33. The second-order valence-electron chi connectivity index (χ2n) is 10.1. The summed E-state index contributed by atoms with van der Waals surface area (Å²) in [4.78, 5) is 35.3. The van der Waals surface area contributed by atoms with Gasteiger partial charge in [-0.2, -0.15) is 0 Å². The molecule has 0 heterocycles. The fraction of sp³-hybridized carbons (Fsp3) is 0.516. The predicted molar refractivity (Wildman–Crippen MR) is 166 cm³/mol. The van der Waals surface area contributed by atoms with Crippen LogP contribution >= 0.6 is 46.4 Å². The molecule has 7 nitrogen and oxygen atoms in total. The highest BCUT2D eigenvalue weighted by Gasteiger charge is 2.24. The number of rotatable bonds is 19. The van der Waals surface area contributed by atoms with Crippen LogP contribution in [0.1, 0.15) is 56.2 Å². The van der Waals surface area contributed by atoms with Crippen molar-refractivity contribution < 1.29 is 33.3 Å². The van der Waals surface area contributed by atoms with Gasteiger partial charge in [-0.25, -0.2) is 0 Å². The van der Waals surface area contributed by atoms with E-state index in [2.05, 4.69) is 38.1 Å². The minimum Gasteiger partial charge on any atom is -0.490 e. The van der Waals surface area contributed by atoms with Crippen molar-refractivity contribution in [3.8, 4) is 5.75 Å². The van der Waals surface area contributed by atoms with Crippen molar-refractivity contribution >= 4 is 64.3 Å². The molecule has 0 bridgehead atoms. The second-order valence-corrected chi connectivity index (χ2v) is 11.5. The van der Waals surface area contributed by atoms with Crippen LogP contribution in [0.25, 0.3) is 0 Å². The molecule has 0 aliphatic rings. The zero-order valence-corrected chi connectivity index (χ0v) is 26.9. The molecular formula is C31H38Cl4O7. The molecule has 0 N–H and O–H groups in total. The summed E-state index contributed by atoms with van der Waals surface area (Å²) < 4.78 is 21.7. The maximum atomic E-state index is 11.9. The molecule has 0 radical (unpaired) electrons. The number of ether oxygens (including phenoxy) is 4. The van der Waals surface area contributed by atoms with Crippen LogP contribution in [0.5, 0.6) is 5.75 Å². The lowest BCUT2D eigenvalue weighted by atomic mass is 9.78. The molecule has 0 aliphatic heterocycles. The number of carbonyl (C=O) groups is 3. The molecule has 0 spiro atoms. The zero-order chi connectivity index (χ0) is 31.0. The number of hydrogen-bond donors (Lipinski definition) is 0. The molecule has 2 aromatic carbocycles. The summed E-state index contributed by atoms with van der Waals surface area (Å²) >= 11 is 22.8. The molecule has 2 atom stereocenters. The Morgan fingerprint density at radius 2 is 1.19 bits per heavy atom. The van der Waals surface area contributed by atoms with Crippen molar-refractivity contribution in [2.75, 3.05) is 36.7 Å². The summed E-state index contributed by atoms with van der Waals surface area (Å²) in [6.45, 7) is 4.14. The molecule has 0 aromatic heterocycles. The van der Waals surface area contributed by atoms with Gasteiger partial charge in [0, 0.05) is 23.1 Å². The van der Waals surface area contributed by atoms with Crippen LogP contribution in [0.15, 0.2) is 48.5 Å². The minimum absolute atomic E-state index is 0.00284. The standard InChI is InChI=1S/C31H38Cl4O7/c1-31(2,23-6-3-22(4-7-23)5-10-26(19-35)41-29(37)14-17-33)24-8-11-25(12-9-24)39-20-27(42-30(38)15-18-34)21-40-28(36)13-16-32/h3-4,6-9,11-12,26-27H,5,10,13-21H2,1-2H3. The third kappa shape index (κ3) is 12.6. The topological polar surface area (TPSA) is 88.1 Å². The summed E-state index contributed by atoms with van der Waals surface area (Å²) in [5.41, 5.74) is 3.04. The monoisotopic (exact) mass is 662 g/mol. The van der Waals surface area contributed by atoms with Gasteiger partial charge < -0.3 is 18.9 Å². The fourth-order valence-electron chi connectivity index (χ4n) is 4.00. The average molecular weight is 664 g/mol. The first-order valence-electron chi connectivity index (χ1n) is 13.7. The molecule has 2 unspecified atom stereocenters. The lowest BCUT2D eigenvalue weighted by Gasteiger charge is -2.27. The molecule has 0 saturated carbocycles. The van der Waals surface area contributed by atoms with Crippen LogP contribution < -0.4 is 4.74 Å². The number of esters is 3. The van der Waals surface area contributed by atoms with Gasteiger partial charge in [0.2, 0.25) is 0 Å². The first kappa shape index (κ1) is 36.0. The number of carbonyl (C=O) groups excluding carboxylic acids is 3. The molecule has 0 fully saturated rings. The highest BCUT2D eigenvalue weighted by atomic mass is 35.5. The summed E-state index contributed by atoms with van der Waals surface area (Å²) in [6, 6.07) is 16.0. The molecule has 0 amide bonds. The van der Waals surface area contributed by atoms with Crippen LogP contribution in [0.3, 0.4) is 0 Å². The molecule has 42 heavy (non-hydrogen) atoms. The van der Waals surface area contributed by atoms with Crippen LogP contribution in [0.4, 0.5) is 0 Å². The Labute approximate surface area is 268 Å². The van der Waals surface area contributed by atoms with Gasteiger partial charge in [-0.3, -0.25) is 14.4 Å². The summed E-state index contributed by atoms with van der Waals surface area (Å²) in [5, 5.41) is 0. The van der Waals surface area contributed by atoms with Crippen LogP contribution in [-0.2, 0) is 40.4 Å². The molecule has 0 saturated heterocycles. The van der Waals surface area contributed by atoms with Crippen molar-refractivity contribution in [2.45, 2.75) is 63.6 Å². The first-order valence-corrected chi connectivity index (χ1v) is 15.9. The average Bonchev–Trinajstić information content (AvgIpc) is 2.97. The SMILES string of the molecule is CC(C)(c1ccc(CCC(CCl)OC(=O)CCCl)cc1)c1ccc(OCC(COC(=O)CCCl)OC(=O)CCCl)cc1. The third-order valence-electron chi connectivity index (χ3n) is 6.54. The molecule has 11 heteroatoms. The molecule has 2 aromatic rings. The Balaban J connectivity index is 1.98. The van der Waals surface area contributed by atoms with E-state index in [0.717, 1.165) is 23.1 Å². The molecule has 0 aliphatic carbocycles. The van der Waals surface area contributed by atoms with E-state index in [1.54, 1.807) is 0 Å². The maximum Gasteiger partial charge on any atom is 0.307 e. The van der Waals surface area contributed by atoms with Gasteiger partial charge in [0.05, 0.1) is 25.1 Å². The van der Waals surface area contributed by atoms with E-state index in [-0.39, 0.29) is 73.5 Å². The van der Waals surface area contributed by atoms with Gasteiger partial charge in [0.15, 0.2) is 6.10 Å². The van der Waals surface area contributed by atoms with Crippen LogP contribution in [-0.4, -0.2) is 66.8 Å². The zero-order valence-electron chi connectivity index (χ0n) is 23.9. The number of aryl methyl sites for hydroxylation is 1. The van der Waals surface area contributed by atoms with Gasteiger partial charge in [-0.1, -0.05) is 50.2 Å². The Morgan fingerprint density at radius 3 is 1.71 bits per heavy atom. The summed E-state index contributed by atoms with van der Waals surface area (Å²) in [5.74, 6) is -0.00926. The molecule has 232 valence electrons. The van der Waals surface area contributed by atoms with Crippen molar-refractivity contribution in [3.63, 3.8) is 0 Å². The normalized spacial score (nSPS) is 12.7. The Hall–Kier alpha value is -2.19. The number of hydrogen-bond acceptors (Lipinski definition) is 7. The fourth-order valence-corrected chi connectivity index (χ4v) is 4.68. The van der Waals surface area contributed by atoms with Crippen LogP contribution in [0.2, 0.25) is 0 Å². The third-order valence-corrected chi connectivity index (χ3v) is 7.45. The van der Waals surface area contributed by atoms with Crippen molar-refractivity contribution in [1.82, 2.24) is 0 Å². The van der Waals surface area contributed by atoms with E-state index in [9.17, 15) is 14.4 Å². The quantitative estimate of drug-likeness (QED) is 0.0926. The highest BCUT2D eigenvalue weighted by molar-refractivity contribution is 6.19. The maximum absolute atomic E-state index is 11.9. The van der Waals surface area contributed by atoms with E-state index in [1.807, 2.05) is 24.3 Å². The van der Waals surface area contributed by atoms with Gasteiger partial charge in [0.1, 0.15) is 25.1 Å². The Bertz CT molecular complexity index is 1110. The van der Waals surface area contributed by atoms with Gasteiger partial charge >= 0.3 is 17.9 Å². The Kier molecular flexibility index (Phi) is 16.4. The largest absolute Gasteiger partial charge is 0.490 e. The minimum atomic E-state index is -0.785. The number of benzene rings is 2. The van der Waals surface area contributed by atoms with Crippen molar-refractivity contribution in [1.29, 1.82) is 0 Å². The first-order chi connectivity index (χ1) is 20.1.